The van der Waals surface area contributed by atoms with Gasteiger partial charge in [0.25, 0.3) is 11.5 Å². The molecule has 3 aromatic rings. The van der Waals surface area contributed by atoms with Crippen molar-refractivity contribution in [3.05, 3.63) is 45.6 Å². The predicted molar refractivity (Wildman–Crippen MR) is 92.2 cm³/mol. The van der Waals surface area contributed by atoms with Crippen molar-refractivity contribution in [1.29, 1.82) is 0 Å². The van der Waals surface area contributed by atoms with E-state index in [0.29, 0.717) is 0 Å². The zero-order valence-electron chi connectivity index (χ0n) is 13.6. The number of hydrogen-bond donors (Lipinski definition) is 3. The van der Waals surface area contributed by atoms with E-state index in [0.717, 1.165) is 4.68 Å². The molecule has 0 radical (unpaired) electrons. The number of anilines is 1. The lowest BCUT2D eigenvalue weighted by Crippen LogP contribution is -2.27. The molecule has 0 aliphatic carbocycles. The number of amides is 1. The number of aromatic hydroxyl groups is 2. The van der Waals surface area contributed by atoms with Crippen LogP contribution < -0.4 is 10.9 Å². The van der Waals surface area contributed by atoms with Crippen LogP contribution in [0.3, 0.4) is 0 Å². The molecule has 0 saturated carbocycles. The maximum Gasteiger partial charge on any atom is 0.280 e. The fraction of sp³-hybridized carbons (Fsp3) is 0.133. The van der Waals surface area contributed by atoms with Gasteiger partial charge in [0, 0.05) is 14.1 Å². The molecule has 1 amide bonds. The summed E-state index contributed by atoms with van der Waals surface area (Å²) >= 11 is 6.26. The third-order valence-electron chi connectivity index (χ3n) is 3.60. The van der Waals surface area contributed by atoms with Crippen LogP contribution >= 0.6 is 11.6 Å². The van der Waals surface area contributed by atoms with Crippen molar-refractivity contribution in [3.63, 3.8) is 0 Å². The number of hydrogen-bond acceptors (Lipinski definition) is 7. The summed E-state index contributed by atoms with van der Waals surface area (Å²) in [5, 5.41) is 29.1. The summed E-state index contributed by atoms with van der Waals surface area (Å²) in [4.78, 5) is 28.8. The second-order valence-corrected chi connectivity index (χ2v) is 5.71. The van der Waals surface area contributed by atoms with Gasteiger partial charge in [-0.2, -0.15) is 15.2 Å². The second-order valence-electron chi connectivity index (χ2n) is 5.33. The largest absolute Gasteiger partial charge is 0.504 e. The van der Waals surface area contributed by atoms with Crippen LogP contribution in [0.1, 0.15) is 10.5 Å². The third kappa shape index (κ3) is 2.97. The molecule has 3 N–H and O–H groups in total. The van der Waals surface area contributed by atoms with Crippen LogP contribution in [0.15, 0.2) is 29.3 Å². The van der Waals surface area contributed by atoms with Crippen LogP contribution in [0.2, 0.25) is 5.02 Å². The predicted octanol–water partition coefficient (Wildman–Crippen LogP) is 0.893. The summed E-state index contributed by atoms with van der Waals surface area (Å²) in [6, 6.07) is 3.77. The lowest BCUT2D eigenvalue weighted by Gasteiger charge is -2.11. The molecular formula is C15H13ClN6O4. The zero-order chi connectivity index (χ0) is 19.0. The molecule has 0 saturated heterocycles. The smallest absolute Gasteiger partial charge is 0.280 e. The number of benzene rings is 1. The fourth-order valence-electron chi connectivity index (χ4n) is 2.26. The number of aryl methyl sites for hydroxylation is 2. The van der Waals surface area contributed by atoms with E-state index in [9.17, 15) is 19.8 Å². The van der Waals surface area contributed by atoms with Crippen molar-refractivity contribution in [2.75, 3.05) is 5.32 Å². The van der Waals surface area contributed by atoms with Gasteiger partial charge >= 0.3 is 0 Å². The van der Waals surface area contributed by atoms with Gasteiger partial charge in [-0.3, -0.25) is 14.9 Å². The molecule has 0 spiro atoms. The van der Waals surface area contributed by atoms with Crippen molar-refractivity contribution in [3.8, 4) is 22.6 Å². The summed E-state index contributed by atoms with van der Waals surface area (Å²) in [7, 11) is 2.95. The van der Waals surface area contributed by atoms with Crippen LogP contribution in [-0.4, -0.2) is 40.7 Å². The summed E-state index contributed by atoms with van der Waals surface area (Å²) in [5.41, 5.74) is -0.599. The number of aromatic nitrogens is 5. The molecule has 0 bridgehead atoms. The van der Waals surface area contributed by atoms with Gasteiger partial charge in [-0.15, -0.1) is 0 Å². The van der Waals surface area contributed by atoms with Crippen molar-refractivity contribution in [1.82, 2.24) is 24.5 Å². The Bertz CT molecular complexity index is 1070. The molecule has 0 fully saturated rings. The first-order chi connectivity index (χ1) is 12.3. The van der Waals surface area contributed by atoms with E-state index in [-0.39, 0.29) is 33.5 Å². The average molecular weight is 377 g/mol. The fourth-order valence-corrected chi connectivity index (χ4v) is 2.57. The minimum Gasteiger partial charge on any atom is -0.504 e. The average Bonchev–Trinajstić information content (AvgIpc) is 2.99. The number of carbonyl (C=O) groups is 1. The van der Waals surface area contributed by atoms with Gasteiger partial charge in [0.15, 0.2) is 17.2 Å². The van der Waals surface area contributed by atoms with Gasteiger partial charge in [0.05, 0.1) is 10.6 Å². The highest BCUT2D eigenvalue weighted by molar-refractivity contribution is 6.36. The Labute approximate surface area is 151 Å². The molecule has 2 heterocycles. The minimum atomic E-state index is -0.689. The maximum atomic E-state index is 12.5. The topological polar surface area (TPSA) is 135 Å². The second kappa shape index (κ2) is 6.48. The van der Waals surface area contributed by atoms with E-state index in [1.807, 2.05) is 0 Å². The Morgan fingerprint density at radius 1 is 1.19 bits per heavy atom. The van der Waals surface area contributed by atoms with Crippen LogP contribution in [0, 0.1) is 0 Å². The molecule has 0 unspecified atom stereocenters. The Kier molecular flexibility index (Phi) is 4.34. The molecular weight excluding hydrogens is 364 g/mol. The molecule has 26 heavy (non-hydrogen) atoms. The first kappa shape index (κ1) is 17.4. The number of carbonyl (C=O) groups excluding carboxylic acids is 1. The van der Waals surface area contributed by atoms with Crippen molar-refractivity contribution in [2.24, 2.45) is 14.1 Å². The zero-order valence-corrected chi connectivity index (χ0v) is 14.4. The highest BCUT2D eigenvalue weighted by atomic mass is 35.5. The number of rotatable bonds is 3. The number of nitrogens with zero attached hydrogens (tertiary/aromatic N) is 5. The van der Waals surface area contributed by atoms with Crippen molar-refractivity contribution in [2.45, 2.75) is 0 Å². The van der Waals surface area contributed by atoms with E-state index >= 15 is 0 Å². The van der Waals surface area contributed by atoms with Crippen molar-refractivity contribution >= 4 is 23.5 Å². The number of phenolic OH excluding ortho intramolecular Hbond substituents is 2. The normalized spacial score (nSPS) is 10.7. The highest BCUT2D eigenvalue weighted by Gasteiger charge is 2.23. The number of halogens is 1. The maximum absolute atomic E-state index is 12.5. The molecule has 2 aromatic heterocycles. The first-order valence-corrected chi connectivity index (χ1v) is 7.62. The third-order valence-corrected chi connectivity index (χ3v) is 3.97. The monoisotopic (exact) mass is 376 g/mol. The standard InChI is InChI=1S/C15H13ClN6O4/c1-21-14(26)10(7-3-4-8(23)9(24)5-7)11(16)12(20-21)13(25)19-15-17-6-18-22(15)2/h3-6,23-24H,1-2H3,(H,17,18,19,25). The van der Waals surface area contributed by atoms with E-state index in [4.69, 9.17) is 11.6 Å². The van der Waals surface area contributed by atoms with Crippen LogP contribution in [0.25, 0.3) is 11.1 Å². The molecule has 3 rings (SSSR count). The minimum absolute atomic E-state index is 0.0393. The van der Waals surface area contributed by atoms with Crippen molar-refractivity contribution < 1.29 is 15.0 Å². The SMILES string of the molecule is Cn1ncnc1NC(=O)c1nn(C)c(=O)c(-c2ccc(O)c(O)c2)c1Cl. The number of phenols is 2. The molecule has 0 aliphatic heterocycles. The quantitative estimate of drug-likeness (QED) is 0.577. The van der Waals surface area contributed by atoms with Gasteiger partial charge in [-0.1, -0.05) is 17.7 Å². The van der Waals surface area contributed by atoms with E-state index < -0.39 is 17.2 Å². The summed E-state index contributed by atoms with van der Waals surface area (Å²) in [5.74, 6) is -1.30. The highest BCUT2D eigenvalue weighted by Crippen LogP contribution is 2.33. The molecule has 1 aromatic carbocycles. The summed E-state index contributed by atoms with van der Waals surface area (Å²) < 4.78 is 2.30. The Hall–Kier alpha value is -3.40. The van der Waals surface area contributed by atoms with Gasteiger partial charge in [-0.25, -0.2) is 9.36 Å². The molecule has 11 heteroatoms. The molecule has 0 aliphatic rings. The van der Waals surface area contributed by atoms with Crippen LogP contribution in [0.4, 0.5) is 5.95 Å². The number of nitrogens with one attached hydrogen (secondary N) is 1. The lowest BCUT2D eigenvalue weighted by molar-refractivity contribution is 0.101. The Morgan fingerprint density at radius 2 is 1.92 bits per heavy atom. The van der Waals surface area contributed by atoms with E-state index in [2.05, 4.69) is 20.5 Å². The van der Waals surface area contributed by atoms with Crippen LogP contribution in [0.5, 0.6) is 11.5 Å². The summed E-state index contributed by atoms with van der Waals surface area (Å²) in [6.07, 6.45) is 1.26. The molecule has 0 atom stereocenters. The molecule has 134 valence electrons. The van der Waals surface area contributed by atoms with Gasteiger partial charge in [0.2, 0.25) is 5.95 Å². The van der Waals surface area contributed by atoms with Crippen LogP contribution in [-0.2, 0) is 14.1 Å². The lowest BCUT2D eigenvalue weighted by atomic mass is 10.1. The summed E-state index contributed by atoms with van der Waals surface area (Å²) in [6.45, 7) is 0. The Morgan fingerprint density at radius 3 is 2.54 bits per heavy atom. The first-order valence-electron chi connectivity index (χ1n) is 7.24. The van der Waals surface area contributed by atoms with Gasteiger partial charge in [0.1, 0.15) is 6.33 Å². The van der Waals surface area contributed by atoms with Gasteiger partial charge in [-0.05, 0) is 17.7 Å². The van der Waals surface area contributed by atoms with E-state index in [1.165, 1.54) is 36.3 Å². The van der Waals surface area contributed by atoms with Gasteiger partial charge < -0.3 is 10.2 Å². The molecule has 10 nitrogen and oxygen atoms in total. The van der Waals surface area contributed by atoms with E-state index in [1.54, 1.807) is 7.05 Å². The Balaban J connectivity index is 2.12.